The van der Waals surface area contributed by atoms with Gasteiger partial charge in [-0.25, -0.2) is 0 Å². The van der Waals surface area contributed by atoms with E-state index in [9.17, 15) is 0 Å². The Morgan fingerprint density at radius 3 is 1.82 bits per heavy atom. The lowest BCUT2D eigenvalue weighted by Gasteiger charge is -2.46. The third-order valence-electron chi connectivity index (χ3n) is 4.58. The third-order valence-corrected chi connectivity index (χ3v) is 13.5. The van der Waals surface area contributed by atoms with Crippen LogP contribution in [-0.4, -0.2) is 22.5 Å². The van der Waals surface area contributed by atoms with Crippen molar-refractivity contribution in [3.05, 3.63) is 30.3 Å². The van der Waals surface area contributed by atoms with Crippen LogP contribution in [0.15, 0.2) is 30.3 Å². The fraction of sp³-hybridized carbons (Fsp3) is 0.667. The monoisotopic (exact) mass is 338 g/mol. The van der Waals surface area contributed by atoms with Crippen LogP contribution in [0, 0.1) is 0 Å². The largest absolute Gasteiger partial charge is 0.432 e. The molecular weight excluding hydrogens is 304 g/mol. The summed E-state index contributed by atoms with van der Waals surface area (Å²) in [6.45, 7) is 20.1. The molecule has 1 atom stereocenters. The Kier molecular flexibility index (Phi) is 5.88. The van der Waals surface area contributed by atoms with Crippen molar-refractivity contribution in [2.24, 2.45) is 0 Å². The van der Waals surface area contributed by atoms with Gasteiger partial charge in [0.2, 0.25) is 8.32 Å². The molecule has 0 fully saturated rings. The zero-order chi connectivity index (χ0) is 17.2. The van der Waals surface area contributed by atoms with Gasteiger partial charge in [0.05, 0.1) is 5.60 Å². The van der Waals surface area contributed by atoms with Crippen LogP contribution in [-0.2, 0) is 8.54 Å². The summed E-state index contributed by atoms with van der Waals surface area (Å²) in [6, 6.07) is 10.7. The fourth-order valence-corrected chi connectivity index (χ4v) is 11.6. The van der Waals surface area contributed by atoms with Crippen molar-refractivity contribution >= 4 is 22.1 Å². The molecule has 0 saturated heterocycles. The molecule has 0 radical (unpaired) electrons. The van der Waals surface area contributed by atoms with Crippen molar-refractivity contribution in [2.75, 3.05) is 0 Å². The van der Waals surface area contributed by atoms with Gasteiger partial charge < -0.3 is 8.54 Å². The first kappa shape index (κ1) is 19.6. The highest BCUT2D eigenvalue weighted by Crippen LogP contribution is 2.39. The van der Waals surface area contributed by atoms with E-state index in [1.165, 1.54) is 5.19 Å². The van der Waals surface area contributed by atoms with Gasteiger partial charge in [-0.3, -0.25) is 0 Å². The summed E-state index contributed by atoms with van der Waals surface area (Å²) >= 11 is 0. The Labute approximate surface area is 139 Å². The van der Waals surface area contributed by atoms with E-state index in [-0.39, 0.29) is 10.6 Å². The van der Waals surface area contributed by atoms with Gasteiger partial charge in [-0.2, -0.15) is 0 Å². The molecule has 0 bridgehead atoms. The molecule has 0 aliphatic carbocycles. The lowest BCUT2D eigenvalue weighted by atomic mass is 10.1. The van der Waals surface area contributed by atoms with Crippen LogP contribution in [0.3, 0.4) is 0 Å². The van der Waals surface area contributed by atoms with E-state index in [0.717, 1.165) is 6.42 Å². The second-order valence-corrected chi connectivity index (χ2v) is 16.3. The van der Waals surface area contributed by atoms with Crippen molar-refractivity contribution in [1.29, 1.82) is 0 Å². The molecule has 1 aromatic carbocycles. The fourth-order valence-electron chi connectivity index (χ4n) is 2.65. The molecule has 0 spiro atoms. The summed E-state index contributed by atoms with van der Waals surface area (Å²) in [5.41, 5.74) is -0.125. The SMILES string of the molecule is CCC(C)(C)O[Si](C)(C)O[Si](C)(c1ccccc1)C(C)(C)C. The molecule has 126 valence electrons. The van der Waals surface area contributed by atoms with E-state index in [2.05, 4.69) is 91.5 Å². The van der Waals surface area contributed by atoms with Crippen LogP contribution in [0.25, 0.3) is 0 Å². The van der Waals surface area contributed by atoms with Gasteiger partial charge in [0.15, 0.2) is 0 Å². The highest BCUT2D eigenvalue weighted by molar-refractivity contribution is 6.93. The zero-order valence-electron chi connectivity index (χ0n) is 15.9. The molecule has 0 N–H and O–H groups in total. The van der Waals surface area contributed by atoms with Gasteiger partial charge in [0, 0.05) is 0 Å². The molecule has 0 heterocycles. The van der Waals surface area contributed by atoms with Gasteiger partial charge in [0.25, 0.3) is 0 Å². The van der Waals surface area contributed by atoms with Crippen LogP contribution in [0.1, 0.15) is 48.0 Å². The minimum Gasteiger partial charge on any atom is -0.432 e. The summed E-state index contributed by atoms with van der Waals surface area (Å²) in [7, 11) is -4.36. The van der Waals surface area contributed by atoms with Crippen LogP contribution in [0.4, 0.5) is 0 Å². The van der Waals surface area contributed by atoms with Gasteiger partial charge in [-0.05, 0) is 50.1 Å². The molecule has 1 aromatic rings. The van der Waals surface area contributed by atoms with Gasteiger partial charge in [-0.1, -0.05) is 58.0 Å². The van der Waals surface area contributed by atoms with Gasteiger partial charge in [-0.15, -0.1) is 0 Å². The molecular formula is C18H34O2Si2. The van der Waals surface area contributed by atoms with Crippen LogP contribution >= 0.6 is 0 Å². The molecule has 0 aliphatic rings. The second-order valence-electron chi connectivity index (χ2n) is 8.37. The van der Waals surface area contributed by atoms with Crippen molar-refractivity contribution in [2.45, 2.75) is 78.2 Å². The van der Waals surface area contributed by atoms with E-state index >= 15 is 0 Å². The summed E-state index contributed by atoms with van der Waals surface area (Å²) in [5.74, 6) is 0. The molecule has 2 nitrogen and oxygen atoms in total. The summed E-state index contributed by atoms with van der Waals surface area (Å²) < 4.78 is 13.3. The third kappa shape index (κ3) is 4.78. The maximum absolute atomic E-state index is 6.87. The number of rotatable bonds is 6. The zero-order valence-corrected chi connectivity index (χ0v) is 17.9. The average Bonchev–Trinajstić information content (AvgIpc) is 2.36. The second kappa shape index (κ2) is 6.59. The van der Waals surface area contributed by atoms with Crippen molar-refractivity contribution in [3.63, 3.8) is 0 Å². The van der Waals surface area contributed by atoms with E-state index in [1.54, 1.807) is 0 Å². The van der Waals surface area contributed by atoms with Crippen LogP contribution in [0.2, 0.25) is 24.7 Å². The molecule has 0 amide bonds. The van der Waals surface area contributed by atoms with Crippen molar-refractivity contribution in [3.8, 4) is 0 Å². The highest BCUT2D eigenvalue weighted by atomic mass is 28.4. The number of hydrogen-bond acceptors (Lipinski definition) is 2. The van der Waals surface area contributed by atoms with E-state index < -0.39 is 16.9 Å². The Bertz CT molecular complexity index is 478. The Morgan fingerprint density at radius 1 is 0.909 bits per heavy atom. The smallest absolute Gasteiger partial charge is 0.322 e. The summed E-state index contributed by atoms with van der Waals surface area (Å²) in [5, 5.41) is 1.46. The predicted octanol–water partition coefficient (Wildman–Crippen LogP) is 5.19. The van der Waals surface area contributed by atoms with Crippen LogP contribution in [0.5, 0.6) is 0 Å². The van der Waals surface area contributed by atoms with Crippen molar-refractivity contribution in [1.82, 2.24) is 0 Å². The Balaban J connectivity index is 3.16. The first-order chi connectivity index (χ1) is 9.83. The maximum atomic E-state index is 6.87. The van der Waals surface area contributed by atoms with Gasteiger partial charge >= 0.3 is 8.56 Å². The molecule has 1 unspecified atom stereocenters. The van der Waals surface area contributed by atoms with Crippen LogP contribution < -0.4 is 5.19 Å². The molecule has 0 aliphatic heterocycles. The first-order valence-corrected chi connectivity index (χ1v) is 13.5. The molecule has 0 saturated carbocycles. The Morgan fingerprint density at radius 2 is 1.41 bits per heavy atom. The first-order valence-electron chi connectivity index (χ1n) is 8.29. The van der Waals surface area contributed by atoms with E-state index in [1.807, 2.05) is 0 Å². The maximum Gasteiger partial charge on any atom is 0.322 e. The minimum absolute atomic E-state index is 0.109. The molecule has 1 rings (SSSR count). The van der Waals surface area contributed by atoms with Gasteiger partial charge in [0.1, 0.15) is 0 Å². The summed E-state index contributed by atoms with van der Waals surface area (Å²) in [4.78, 5) is 0. The topological polar surface area (TPSA) is 18.5 Å². The molecule has 0 aromatic heterocycles. The highest BCUT2D eigenvalue weighted by Gasteiger charge is 2.49. The van der Waals surface area contributed by atoms with E-state index in [4.69, 9.17) is 8.54 Å². The minimum atomic E-state index is -2.23. The molecule has 4 heteroatoms. The van der Waals surface area contributed by atoms with Crippen molar-refractivity contribution < 1.29 is 8.54 Å². The Hall–Kier alpha value is -0.426. The lowest BCUT2D eigenvalue weighted by molar-refractivity contribution is 0.0701. The number of hydrogen-bond donors (Lipinski definition) is 0. The quantitative estimate of drug-likeness (QED) is 0.664. The standard InChI is InChI=1S/C18H34O2Si2/c1-10-18(5,6)19-21(7,8)20-22(9,17(2,3)4)16-14-12-11-13-15-16/h11-15H,10H2,1-9H3. The summed E-state index contributed by atoms with van der Waals surface area (Å²) in [6.07, 6.45) is 0.992. The van der Waals surface area contributed by atoms with E-state index in [0.29, 0.717) is 0 Å². The average molecular weight is 339 g/mol. The predicted molar refractivity (Wildman–Crippen MR) is 101 cm³/mol. The lowest BCUT2D eigenvalue weighted by Crippen LogP contribution is -2.62. The normalized spacial score (nSPS) is 16.4. The number of benzene rings is 1. The molecule has 22 heavy (non-hydrogen) atoms.